The second kappa shape index (κ2) is 8.31. The van der Waals surface area contributed by atoms with E-state index < -0.39 is 15.9 Å². The van der Waals surface area contributed by atoms with E-state index in [1.807, 2.05) is 4.72 Å². The van der Waals surface area contributed by atoms with Crippen molar-refractivity contribution >= 4 is 27.5 Å². The first-order chi connectivity index (χ1) is 14.7. The van der Waals surface area contributed by atoms with Gasteiger partial charge in [0.15, 0.2) is 5.82 Å². The van der Waals surface area contributed by atoms with E-state index in [1.54, 1.807) is 26.2 Å². The molecular weight excluding hydrogens is 444 g/mol. The van der Waals surface area contributed by atoms with Gasteiger partial charge >= 0.3 is 0 Å². The number of pyridine rings is 1. The summed E-state index contributed by atoms with van der Waals surface area (Å²) in [5.74, 6) is 0.537. The van der Waals surface area contributed by atoms with Crippen molar-refractivity contribution in [1.29, 1.82) is 0 Å². The van der Waals surface area contributed by atoms with Crippen LogP contribution >= 0.6 is 11.6 Å². The van der Waals surface area contributed by atoms with Crippen molar-refractivity contribution in [3.8, 4) is 11.7 Å². The number of nitrogens with zero attached hydrogens (tertiary/aromatic N) is 5. The molecule has 1 aliphatic carbocycles. The molecule has 0 saturated heterocycles. The summed E-state index contributed by atoms with van der Waals surface area (Å²) in [6.45, 7) is 2.22. The topological polar surface area (TPSA) is 121 Å². The van der Waals surface area contributed by atoms with E-state index in [1.165, 1.54) is 47.0 Å². The first-order valence-electron chi connectivity index (χ1n) is 9.66. The molecule has 3 aromatic rings. The number of ether oxygens (including phenoxy) is 1. The van der Waals surface area contributed by atoms with Crippen LogP contribution in [0.1, 0.15) is 35.3 Å². The fraction of sp³-hybridized carbons (Fsp3) is 0.368. The van der Waals surface area contributed by atoms with Gasteiger partial charge in [0.2, 0.25) is 5.88 Å². The molecular formula is C19H21ClN6O4S. The normalized spacial score (nSPS) is 14.3. The van der Waals surface area contributed by atoms with E-state index in [0.717, 1.165) is 0 Å². The van der Waals surface area contributed by atoms with E-state index in [2.05, 4.69) is 15.2 Å². The SMILES string of the molecule is Cc1c(S(=O)(=O)NC(=O)c2ccc(-n3ccc(OCC4CCC4)n3)nc2Cl)cnn1C. The van der Waals surface area contributed by atoms with Gasteiger partial charge in [-0.15, -0.1) is 5.10 Å². The summed E-state index contributed by atoms with van der Waals surface area (Å²) >= 11 is 6.16. The van der Waals surface area contributed by atoms with Gasteiger partial charge in [-0.2, -0.15) is 5.10 Å². The van der Waals surface area contributed by atoms with E-state index in [9.17, 15) is 13.2 Å². The van der Waals surface area contributed by atoms with E-state index in [4.69, 9.17) is 16.3 Å². The van der Waals surface area contributed by atoms with Crippen LogP contribution in [0.15, 0.2) is 35.5 Å². The highest BCUT2D eigenvalue weighted by molar-refractivity contribution is 7.90. The maximum atomic E-state index is 12.5. The molecule has 0 spiro atoms. The summed E-state index contributed by atoms with van der Waals surface area (Å²) in [4.78, 5) is 16.6. The van der Waals surface area contributed by atoms with Gasteiger partial charge in [-0.25, -0.2) is 22.8 Å². The van der Waals surface area contributed by atoms with Crippen molar-refractivity contribution in [3.63, 3.8) is 0 Å². The number of aryl methyl sites for hydroxylation is 1. The van der Waals surface area contributed by atoms with Crippen LogP contribution in [0.5, 0.6) is 5.88 Å². The van der Waals surface area contributed by atoms with Gasteiger partial charge in [-0.3, -0.25) is 9.48 Å². The Morgan fingerprint density at radius 2 is 2.10 bits per heavy atom. The summed E-state index contributed by atoms with van der Waals surface area (Å²) in [5.41, 5.74) is 0.318. The van der Waals surface area contributed by atoms with Crippen LogP contribution in [0.3, 0.4) is 0 Å². The molecule has 3 aromatic heterocycles. The van der Waals surface area contributed by atoms with Crippen LogP contribution in [0.2, 0.25) is 5.15 Å². The van der Waals surface area contributed by atoms with Crippen LogP contribution in [0.25, 0.3) is 5.82 Å². The molecule has 1 N–H and O–H groups in total. The molecule has 0 aromatic carbocycles. The standard InChI is InChI=1S/C19H21ClN6O4S/c1-12-15(10-21-25(12)2)31(28,29)24-19(27)14-6-7-16(22-18(14)20)26-9-8-17(23-26)30-11-13-4-3-5-13/h6-10,13H,3-5,11H2,1-2H3,(H,24,27). The van der Waals surface area contributed by atoms with Crippen LogP contribution in [0.4, 0.5) is 0 Å². The number of amides is 1. The smallest absolute Gasteiger partial charge is 0.268 e. The average Bonchev–Trinajstić information content (AvgIpc) is 3.27. The molecule has 164 valence electrons. The predicted molar refractivity (Wildman–Crippen MR) is 112 cm³/mol. The zero-order chi connectivity index (χ0) is 22.2. The van der Waals surface area contributed by atoms with Gasteiger partial charge in [0, 0.05) is 19.3 Å². The lowest BCUT2D eigenvalue weighted by Crippen LogP contribution is -2.31. The largest absolute Gasteiger partial charge is 0.476 e. The molecule has 0 bridgehead atoms. The number of rotatable bonds is 7. The van der Waals surface area contributed by atoms with E-state index >= 15 is 0 Å². The summed E-state index contributed by atoms with van der Waals surface area (Å²) in [6.07, 6.45) is 6.45. The monoisotopic (exact) mass is 464 g/mol. The van der Waals surface area contributed by atoms with Crippen molar-refractivity contribution < 1.29 is 17.9 Å². The Balaban J connectivity index is 1.47. The zero-order valence-corrected chi connectivity index (χ0v) is 18.5. The molecule has 10 nitrogen and oxygen atoms in total. The fourth-order valence-electron chi connectivity index (χ4n) is 3.07. The first-order valence-corrected chi connectivity index (χ1v) is 11.5. The minimum atomic E-state index is -4.11. The molecule has 4 rings (SSSR count). The fourth-order valence-corrected chi connectivity index (χ4v) is 4.48. The van der Waals surface area contributed by atoms with Crippen LogP contribution in [-0.4, -0.2) is 45.5 Å². The summed E-state index contributed by atoms with van der Waals surface area (Å²) in [7, 11) is -2.50. The second-order valence-electron chi connectivity index (χ2n) is 7.37. The Morgan fingerprint density at radius 1 is 1.32 bits per heavy atom. The highest BCUT2D eigenvalue weighted by Gasteiger charge is 2.25. The van der Waals surface area contributed by atoms with Gasteiger partial charge in [0.25, 0.3) is 15.9 Å². The van der Waals surface area contributed by atoms with Gasteiger partial charge in [0.05, 0.1) is 24.1 Å². The Kier molecular flexibility index (Phi) is 5.71. The first kappa shape index (κ1) is 21.3. The summed E-state index contributed by atoms with van der Waals surface area (Å²) in [5, 5.41) is 8.04. The lowest BCUT2D eigenvalue weighted by molar-refractivity contribution is 0.0981. The highest BCUT2D eigenvalue weighted by Crippen LogP contribution is 2.27. The molecule has 0 atom stereocenters. The third kappa shape index (κ3) is 4.42. The average molecular weight is 465 g/mol. The van der Waals surface area contributed by atoms with Crippen molar-refractivity contribution in [1.82, 2.24) is 29.3 Å². The number of hydrogen-bond donors (Lipinski definition) is 1. The molecule has 3 heterocycles. The Hall–Kier alpha value is -2.92. The Morgan fingerprint density at radius 3 is 2.71 bits per heavy atom. The van der Waals surface area contributed by atoms with Crippen LogP contribution in [0, 0.1) is 12.8 Å². The lowest BCUT2D eigenvalue weighted by atomic mass is 9.86. The molecule has 12 heteroatoms. The number of carbonyl (C=O) groups is 1. The van der Waals surface area contributed by atoms with Crippen molar-refractivity contribution in [2.45, 2.75) is 31.1 Å². The Bertz CT molecular complexity index is 1230. The van der Waals surface area contributed by atoms with Crippen molar-refractivity contribution in [3.05, 3.63) is 47.0 Å². The summed E-state index contributed by atoms with van der Waals surface area (Å²) in [6, 6.07) is 4.63. The number of carbonyl (C=O) groups excluding carboxylic acids is 1. The Labute approximate surface area is 184 Å². The molecule has 1 fully saturated rings. The van der Waals surface area contributed by atoms with E-state index in [-0.39, 0.29) is 15.6 Å². The van der Waals surface area contributed by atoms with Gasteiger partial charge in [-0.05, 0) is 37.8 Å². The van der Waals surface area contributed by atoms with Gasteiger partial charge in [-0.1, -0.05) is 18.0 Å². The molecule has 0 unspecified atom stereocenters. The minimum absolute atomic E-state index is 0.0795. The highest BCUT2D eigenvalue weighted by atomic mass is 35.5. The third-order valence-corrected chi connectivity index (χ3v) is 7.00. The molecule has 1 saturated carbocycles. The van der Waals surface area contributed by atoms with Crippen molar-refractivity contribution in [2.24, 2.45) is 13.0 Å². The predicted octanol–water partition coefficient (Wildman–Crippen LogP) is 2.26. The molecule has 31 heavy (non-hydrogen) atoms. The van der Waals surface area contributed by atoms with Gasteiger partial charge in [0.1, 0.15) is 10.0 Å². The van der Waals surface area contributed by atoms with Crippen LogP contribution < -0.4 is 9.46 Å². The molecule has 1 amide bonds. The molecule has 0 aliphatic heterocycles. The number of nitrogens with one attached hydrogen (secondary N) is 1. The number of aromatic nitrogens is 5. The number of hydrogen-bond acceptors (Lipinski definition) is 7. The maximum Gasteiger partial charge on any atom is 0.268 e. The summed E-state index contributed by atoms with van der Waals surface area (Å²) < 4.78 is 35.6. The van der Waals surface area contributed by atoms with E-state index in [0.29, 0.717) is 29.9 Å². The minimum Gasteiger partial charge on any atom is -0.476 e. The quantitative estimate of drug-likeness (QED) is 0.532. The third-order valence-electron chi connectivity index (χ3n) is 5.28. The van der Waals surface area contributed by atoms with Crippen LogP contribution in [-0.2, 0) is 17.1 Å². The number of halogens is 1. The van der Waals surface area contributed by atoms with Crippen molar-refractivity contribution in [2.75, 3.05) is 6.61 Å². The second-order valence-corrected chi connectivity index (χ2v) is 9.38. The molecule has 1 aliphatic rings. The van der Waals surface area contributed by atoms with Gasteiger partial charge < -0.3 is 4.74 Å². The maximum absolute atomic E-state index is 12.5. The number of sulfonamides is 1. The zero-order valence-electron chi connectivity index (χ0n) is 16.9. The lowest BCUT2D eigenvalue weighted by Gasteiger charge is -2.24. The molecule has 0 radical (unpaired) electrons.